The first kappa shape index (κ1) is 19.4. The summed E-state index contributed by atoms with van der Waals surface area (Å²) < 4.78 is 18.3. The van der Waals surface area contributed by atoms with Crippen LogP contribution < -0.4 is 10.1 Å². The fraction of sp³-hybridized carbons (Fsp3) is 0.300. The van der Waals surface area contributed by atoms with Crippen LogP contribution in [0.4, 0.5) is 4.39 Å². The van der Waals surface area contributed by atoms with Gasteiger partial charge in [0.1, 0.15) is 11.6 Å². The molecule has 2 aromatic rings. The van der Waals surface area contributed by atoms with Gasteiger partial charge in [-0.15, -0.1) is 0 Å². The van der Waals surface area contributed by atoms with E-state index in [0.29, 0.717) is 12.3 Å². The lowest BCUT2D eigenvalue weighted by Crippen LogP contribution is -2.42. The smallest absolute Gasteiger partial charge is 0.260 e. The van der Waals surface area contributed by atoms with Gasteiger partial charge in [-0.1, -0.05) is 29.8 Å². The van der Waals surface area contributed by atoms with E-state index in [2.05, 4.69) is 5.32 Å². The van der Waals surface area contributed by atoms with Gasteiger partial charge in [0.15, 0.2) is 6.61 Å². The molecule has 138 valence electrons. The van der Waals surface area contributed by atoms with Gasteiger partial charge in [-0.2, -0.15) is 0 Å². The third-order valence-electron chi connectivity index (χ3n) is 3.86. The van der Waals surface area contributed by atoms with Gasteiger partial charge in [0.2, 0.25) is 5.91 Å². The van der Waals surface area contributed by atoms with Crippen LogP contribution in [0.15, 0.2) is 48.5 Å². The van der Waals surface area contributed by atoms with Crippen LogP contribution in [0.2, 0.25) is 0 Å². The number of benzene rings is 2. The van der Waals surface area contributed by atoms with Crippen LogP contribution in [0.1, 0.15) is 18.1 Å². The Morgan fingerprint density at radius 3 is 2.35 bits per heavy atom. The predicted octanol–water partition coefficient (Wildman–Crippen LogP) is 2.68. The maximum absolute atomic E-state index is 12.9. The second-order valence-electron chi connectivity index (χ2n) is 5.91. The number of aryl methyl sites for hydroxylation is 1. The maximum Gasteiger partial charge on any atom is 0.260 e. The predicted molar refractivity (Wildman–Crippen MR) is 97.2 cm³/mol. The summed E-state index contributed by atoms with van der Waals surface area (Å²) >= 11 is 0. The zero-order valence-electron chi connectivity index (χ0n) is 15.0. The summed E-state index contributed by atoms with van der Waals surface area (Å²) in [6.07, 6.45) is 0. The molecule has 0 aromatic heterocycles. The van der Waals surface area contributed by atoms with Crippen molar-refractivity contribution in [2.75, 3.05) is 19.7 Å². The molecule has 0 aliphatic heterocycles. The fourth-order valence-electron chi connectivity index (χ4n) is 2.28. The summed E-state index contributed by atoms with van der Waals surface area (Å²) in [4.78, 5) is 25.7. The summed E-state index contributed by atoms with van der Waals surface area (Å²) in [5.41, 5.74) is 1.90. The minimum atomic E-state index is -0.323. The minimum Gasteiger partial charge on any atom is -0.484 e. The van der Waals surface area contributed by atoms with Gasteiger partial charge in [0.25, 0.3) is 5.91 Å². The Labute approximate surface area is 152 Å². The number of hydrogen-bond acceptors (Lipinski definition) is 3. The zero-order chi connectivity index (χ0) is 18.9. The van der Waals surface area contributed by atoms with Gasteiger partial charge in [-0.05, 0) is 43.7 Å². The topological polar surface area (TPSA) is 58.6 Å². The number of halogens is 1. The molecule has 0 aliphatic carbocycles. The Morgan fingerprint density at radius 1 is 1.08 bits per heavy atom. The van der Waals surface area contributed by atoms with E-state index in [1.807, 2.05) is 19.1 Å². The SMILES string of the molecule is CCN(CC(=O)NCc1ccc(F)cc1)C(=O)COc1ccc(C)cc1. The molecular formula is C20H23FN2O3. The number of ether oxygens (including phenoxy) is 1. The molecule has 0 atom stereocenters. The molecule has 0 saturated heterocycles. The number of likely N-dealkylation sites (N-methyl/N-ethyl adjacent to an activating group) is 1. The van der Waals surface area contributed by atoms with Crippen molar-refractivity contribution >= 4 is 11.8 Å². The average Bonchev–Trinajstić information content (AvgIpc) is 2.65. The molecule has 0 heterocycles. The van der Waals surface area contributed by atoms with Crippen molar-refractivity contribution in [1.29, 1.82) is 0 Å². The van der Waals surface area contributed by atoms with Crippen molar-refractivity contribution in [3.8, 4) is 5.75 Å². The van der Waals surface area contributed by atoms with E-state index in [9.17, 15) is 14.0 Å². The van der Waals surface area contributed by atoms with Gasteiger partial charge in [0.05, 0.1) is 6.54 Å². The van der Waals surface area contributed by atoms with Crippen molar-refractivity contribution in [2.24, 2.45) is 0 Å². The third-order valence-corrected chi connectivity index (χ3v) is 3.86. The lowest BCUT2D eigenvalue weighted by Gasteiger charge is -2.20. The number of amides is 2. The lowest BCUT2D eigenvalue weighted by atomic mass is 10.2. The van der Waals surface area contributed by atoms with Crippen LogP contribution in [-0.2, 0) is 16.1 Å². The highest BCUT2D eigenvalue weighted by atomic mass is 19.1. The molecule has 2 aromatic carbocycles. The summed E-state index contributed by atoms with van der Waals surface area (Å²) in [6, 6.07) is 13.3. The third kappa shape index (κ3) is 6.20. The highest BCUT2D eigenvalue weighted by Gasteiger charge is 2.16. The molecule has 5 nitrogen and oxygen atoms in total. The second kappa shape index (κ2) is 9.56. The molecule has 0 fully saturated rings. The van der Waals surface area contributed by atoms with Crippen LogP contribution in [0.25, 0.3) is 0 Å². The highest BCUT2D eigenvalue weighted by molar-refractivity contribution is 5.85. The summed E-state index contributed by atoms with van der Waals surface area (Å²) in [5, 5.41) is 2.72. The van der Waals surface area contributed by atoms with Crippen molar-refractivity contribution in [3.05, 3.63) is 65.5 Å². The molecule has 0 bridgehead atoms. The van der Waals surface area contributed by atoms with E-state index in [0.717, 1.165) is 11.1 Å². The Bertz CT molecular complexity index is 730. The highest BCUT2D eigenvalue weighted by Crippen LogP contribution is 2.11. The summed E-state index contributed by atoms with van der Waals surface area (Å²) in [6.45, 7) is 4.29. The number of nitrogens with one attached hydrogen (secondary N) is 1. The van der Waals surface area contributed by atoms with Gasteiger partial charge in [-0.25, -0.2) is 4.39 Å². The monoisotopic (exact) mass is 358 g/mol. The van der Waals surface area contributed by atoms with Crippen molar-refractivity contribution < 1.29 is 18.7 Å². The van der Waals surface area contributed by atoms with E-state index in [1.165, 1.54) is 17.0 Å². The molecular weight excluding hydrogens is 335 g/mol. The number of rotatable bonds is 8. The molecule has 2 amide bonds. The van der Waals surface area contributed by atoms with Crippen LogP contribution >= 0.6 is 0 Å². The molecule has 6 heteroatoms. The van der Waals surface area contributed by atoms with Crippen LogP contribution in [0.3, 0.4) is 0 Å². The van der Waals surface area contributed by atoms with E-state index < -0.39 is 0 Å². The van der Waals surface area contributed by atoms with Crippen LogP contribution in [0.5, 0.6) is 5.75 Å². The number of carbonyl (C=O) groups is 2. The maximum atomic E-state index is 12.9. The van der Waals surface area contributed by atoms with Crippen molar-refractivity contribution in [2.45, 2.75) is 20.4 Å². The Balaban J connectivity index is 1.78. The first-order valence-corrected chi connectivity index (χ1v) is 8.46. The first-order chi connectivity index (χ1) is 12.5. The summed E-state index contributed by atoms with van der Waals surface area (Å²) in [7, 11) is 0. The van der Waals surface area contributed by atoms with Crippen molar-refractivity contribution in [1.82, 2.24) is 10.2 Å². The molecule has 1 N–H and O–H groups in total. The van der Waals surface area contributed by atoms with E-state index in [4.69, 9.17) is 4.74 Å². The molecule has 0 spiro atoms. The largest absolute Gasteiger partial charge is 0.484 e. The van der Waals surface area contributed by atoms with E-state index in [-0.39, 0.29) is 37.3 Å². The van der Waals surface area contributed by atoms with Crippen molar-refractivity contribution in [3.63, 3.8) is 0 Å². The van der Waals surface area contributed by atoms with Gasteiger partial charge < -0.3 is 15.0 Å². The first-order valence-electron chi connectivity index (χ1n) is 8.46. The normalized spacial score (nSPS) is 10.3. The molecule has 26 heavy (non-hydrogen) atoms. The van der Waals surface area contributed by atoms with E-state index >= 15 is 0 Å². The molecule has 2 rings (SSSR count). The Morgan fingerprint density at radius 2 is 1.73 bits per heavy atom. The number of nitrogens with zero attached hydrogens (tertiary/aromatic N) is 1. The minimum absolute atomic E-state index is 0.0478. The van der Waals surface area contributed by atoms with Gasteiger partial charge >= 0.3 is 0 Å². The number of carbonyl (C=O) groups excluding carboxylic acids is 2. The second-order valence-corrected chi connectivity index (χ2v) is 5.91. The molecule has 0 unspecified atom stereocenters. The Hall–Kier alpha value is -2.89. The van der Waals surface area contributed by atoms with Gasteiger partial charge in [0, 0.05) is 13.1 Å². The fourth-order valence-corrected chi connectivity index (χ4v) is 2.28. The molecule has 0 saturated carbocycles. The van der Waals surface area contributed by atoms with E-state index in [1.54, 1.807) is 31.2 Å². The quantitative estimate of drug-likeness (QED) is 0.789. The summed E-state index contributed by atoms with van der Waals surface area (Å²) in [5.74, 6) is -0.248. The number of hydrogen-bond donors (Lipinski definition) is 1. The molecule has 0 aliphatic rings. The zero-order valence-corrected chi connectivity index (χ0v) is 15.0. The Kier molecular flexibility index (Phi) is 7.14. The van der Waals surface area contributed by atoms with Crippen LogP contribution in [0, 0.1) is 12.7 Å². The van der Waals surface area contributed by atoms with Crippen LogP contribution in [-0.4, -0.2) is 36.4 Å². The average molecular weight is 358 g/mol. The molecule has 0 radical (unpaired) electrons. The van der Waals surface area contributed by atoms with Gasteiger partial charge in [-0.3, -0.25) is 9.59 Å². The standard InChI is InChI=1S/C20H23FN2O3/c1-3-23(20(25)14-26-18-10-4-15(2)5-11-18)13-19(24)22-12-16-6-8-17(21)9-7-16/h4-11H,3,12-14H2,1-2H3,(H,22,24). The lowest BCUT2D eigenvalue weighted by molar-refractivity contribution is -0.137.